The van der Waals surface area contributed by atoms with Crippen molar-refractivity contribution in [3.8, 4) is 0 Å². The van der Waals surface area contributed by atoms with Crippen LogP contribution >= 0.6 is 22.7 Å². The highest BCUT2D eigenvalue weighted by Crippen LogP contribution is 2.25. The van der Waals surface area contributed by atoms with Gasteiger partial charge in [-0.1, -0.05) is 18.2 Å². The Morgan fingerprint density at radius 3 is 2.88 bits per heavy atom. The molecule has 0 spiro atoms. The van der Waals surface area contributed by atoms with Crippen LogP contribution in [0.15, 0.2) is 52.7 Å². The molecule has 1 atom stereocenters. The van der Waals surface area contributed by atoms with E-state index in [0.29, 0.717) is 0 Å². The Morgan fingerprint density at radius 1 is 1.21 bits per heavy atom. The van der Waals surface area contributed by atoms with Crippen molar-refractivity contribution in [3.05, 3.63) is 74.5 Å². The van der Waals surface area contributed by atoms with Crippen LogP contribution in [0.5, 0.6) is 0 Å². The van der Waals surface area contributed by atoms with Crippen LogP contribution in [0.2, 0.25) is 0 Å². The maximum Gasteiger partial charge on any atom is 0.110 e. The van der Waals surface area contributed by atoms with E-state index in [2.05, 4.69) is 63.3 Å². The third-order valence-corrected chi connectivity index (χ3v) is 5.99. The molecule has 0 aliphatic carbocycles. The number of aryl methyl sites for hydroxylation is 1. The quantitative estimate of drug-likeness (QED) is 0.508. The van der Waals surface area contributed by atoms with Crippen molar-refractivity contribution < 1.29 is 0 Å². The predicted octanol–water partition coefficient (Wildman–Crippen LogP) is 5.07. The SMILES string of the molecule is Cc1c(CN[C@@H](Cc2ccsc2)c2nccs2)[nH]c2ccccc12. The number of hydrogen-bond donors (Lipinski definition) is 2. The molecule has 0 radical (unpaired) electrons. The summed E-state index contributed by atoms with van der Waals surface area (Å²) in [5.74, 6) is 0. The summed E-state index contributed by atoms with van der Waals surface area (Å²) in [6.45, 7) is 3.00. The fourth-order valence-electron chi connectivity index (χ4n) is 3.04. The van der Waals surface area contributed by atoms with Gasteiger partial charge in [0.25, 0.3) is 0 Å². The standard InChI is InChI=1S/C19H19N3S2/c1-13-15-4-2-3-5-16(15)22-18(13)11-21-17(19-20-7-9-24-19)10-14-6-8-23-12-14/h2-9,12,17,21-22H,10-11H2,1H3/t17-/m0/s1. The Kier molecular flexibility index (Phi) is 4.47. The maximum atomic E-state index is 4.52. The minimum absolute atomic E-state index is 0.241. The van der Waals surface area contributed by atoms with E-state index in [9.17, 15) is 0 Å². The topological polar surface area (TPSA) is 40.7 Å². The molecule has 3 heterocycles. The number of rotatable bonds is 6. The monoisotopic (exact) mass is 353 g/mol. The first kappa shape index (κ1) is 15.6. The van der Waals surface area contributed by atoms with E-state index in [0.717, 1.165) is 18.0 Å². The molecule has 24 heavy (non-hydrogen) atoms. The van der Waals surface area contributed by atoms with Crippen molar-refractivity contribution in [1.29, 1.82) is 0 Å². The second-order valence-corrected chi connectivity index (χ2v) is 7.62. The van der Waals surface area contributed by atoms with Crippen molar-refractivity contribution in [1.82, 2.24) is 15.3 Å². The Labute approximate surface area is 149 Å². The van der Waals surface area contributed by atoms with E-state index in [-0.39, 0.29) is 6.04 Å². The van der Waals surface area contributed by atoms with Gasteiger partial charge in [0.15, 0.2) is 0 Å². The molecule has 0 amide bonds. The van der Waals surface area contributed by atoms with Crippen molar-refractivity contribution >= 4 is 33.6 Å². The molecule has 0 aliphatic heterocycles. The summed E-state index contributed by atoms with van der Waals surface area (Å²) in [4.78, 5) is 8.07. The zero-order valence-electron chi connectivity index (χ0n) is 13.5. The molecule has 4 aromatic rings. The Morgan fingerprint density at radius 2 is 2.12 bits per heavy atom. The lowest BCUT2D eigenvalue weighted by Gasteiger charge is -2.16. The second kappa shape index (κ2) is 6.89. The second-order valence-electron chi connectivity index (χ2n) is 5.91. The summed E-state index contributed by atoms with van der Waals surface area (Å²) in [6.07, 6.45) is 2.85. The van der Waals surface area contributed by atoms with E-state index in [1.807, 2.05) is 11.6 Å². The van der Waals surface area contributed by atoms with Gasteiger partial charge in [-0.05, 0) is 47.4 Å². The van der Waals surface area contributed by atoms with Gasteiger partial charge in [0, 0.05) is 34.7 Å². The number of thiazole rings is 1. The van der Waals surface area contributed by atoms with Crippen LogP contribution in [0.3, 0.4) is 0 Å². The molecule has 0 fully saturated rings. The Bertz CT molecular complexity index is 908. The number of benzene rings is 1. The Hall–Kier alpha value is -1.95. The normalized spacial score (nSPS) is 12.7. The van der Waals surface area contributed by atoms with Crippen molar-refractivity contribution in [2.45, 2.75) is 25.9 Å². The number of nitrogens with zero attached hydrogens (tertiary/aromatic N) is 1. The zero-order chi connectivity index (χ0) is 16.4. The highest BCUT2D eigenvalue weighted by atomic mass is 32.1. The smallest absolute Gasteiger partial charge is 0.110 e. The molecule has 1 aromatic carbocycles. The molecule has 0 unspecified atom stereocenters. The number of hydrogen-bond acceptors (Lipinski definition) is 4. The van der Waals surface area contributed by atoms with Gasteiger partial charge in [0.05, 0.1) is 6.04 Å². The van der Waals surface area contributed by atoms with Crippen LogP contribution in [0.25, 0.3) is 10.9 Å². The van der Waals surface area contributed by atoms with E-state index in [1.165, 1.54) is 27.7 Å². The first-order valence-corrected chi connectivity index (χ1v) is 9.83. The average molecular weight is 354 g/mol. The molecule has 3 aromatic heterocycles. The van der Waals surface area contributed by atoms with Crippen molar-refractivity contribution in [2.75, 3.05) is 0 Å². The lowest BCUT2D eigenvalue weighted by molar-refractivity contribution is 0.524. The van der Waals surface area contributed by atoms with E-state index >= 15 is 0 Å². The number of aromatic nitrogens is 2. The molecule has 4 rings (SSSR count). The summed E-state index contributed by atoms with van der Waals surface area (Å²) >= 11 is 3.46. The minimum atomic E-state index is 0.241. The van der Waals surface area contributed by atoms with Crippen LogP contribution in [0.4, 0.5) is 0 Å². The highest BCUT2D eigenvalue weighted by Gasteiger charge is 2.16. The number of fused-ring (bicyclic) bond motifs is 1. The summed E-state index contributed by atoms with van der Waals surface area (Å²) in [5.41, 5.74) is 5.14. The lowest BCUT2D eigenvalue weighted by atomic mass is 10.1. The molecule has 0 saturated heterocycles. The fourth-order valence-corrected chi connectivity index (χ4v) is 4.43. The van der Waals surface area contributed by atoms with Gasteiger partial charge in [-0.3, -0.25) is 0 Å². The number of nitrogens with one attached hydrogen (secondary N) is 2. The molecule has 2 N–H and O–H groups in total. The zero-order valence-corrected chi connectivity index (χ0v) is 15.1. The number of aromatic amines is 1. The van der Waals surface area contributed by atoms with Gasteiger partial charge >= 0.3 is 0 Å². The van der Waals surface area contributed by atoms with Crippen molar-refractivity contribution in [2.24, 2.45) is 0 Å². The minimum Gasteiger partial charge on any atom is -0.357 e. The molecule has 0 aliphatic rings. The third-order valence-electron chi connectivity index (χ3n) is 4.36. The molecule has 5 heteroatoms. The van der Waals surface area contributed by atoms with E-state index in [1.54, 1.807) is 22.7 Å². The first-order valence-electron chi connectivity index (χ1n) is 8.01. The summed E-state index contributed by atoms with van der Waals surface area (Å²) in [6, 6.07) is 10.9. The van der Waals surface area contributed by atoms with Gasteiger partial charge in [-0.25, -0.2) is 4.98 Å². The first-order chi connectivity index (χ1) is 11.8. The third kappa shape index (κ3) is 3.15. The molecule has 0 saturated carbocycles. The van der Waals surface area contributed by atoms with Crippen LogP contribution in [-0.2, 0) is 13.0 Å². The molecule has 122 valence electrons. The average Bonchev–Trinajstić information content (AvgIpc) is 3.34. The van der Waals surface area contributed by atoms with Crippen LogP contribution in [0, 0.1) is 6.92 Å². The van der Waals surface area contributed by atoms with E-state index < -0.39 is 0 Å². The molecular weight excluding hydrogens is 334 g/mol. The van der Waals surface area contributed by atoms with Crippen LogP contribution in [-0.4, -0.2) is 9.97 Å². The Balaban J connectivity index is 1.55. The highest BCUT2D eigenvalue weighted by molar-refractivity contribution is 7.09. The van der Waals surface area contributed by atoms with Gasteiger partial charge < -0.3 is 10.3 Å². The van der Waals surface area contributed by atoms with Gasteiger partial charge in [-0.2, -0.15) is 11.3 Å². The van der Waals surface area contributed by atoms with E-state index in [4.69, 9.17) is 0 Å². The van der Waals surface area contributed by atoms with Gasteiger partial charge in [-0.15, -0.1) is 11.3 Å². The summed E-state index contributed by atoms with van der Waals surface area (Å²) in [5, 5.41) is 12.6. The van der Waals surface area contributed by atoms with Crippen LogP contribution in [0.1, 0.15) is 27.9 Å². The van der Waals surface area contributed by atoms with Gasteiger partial charge in [0.2, 0.25) is 0 Å². The fraction of sp³-hybridized carbons (Fsp3) is 0.211. The molecule has 0 bridgehead atoms. The maximum absolute atomic E-state index is 4.52. The molecular formula is C19H19N3S2. The predicted molar refractivity (Wildman–Crippen MR) is 103 cm³/mol. The van der Waals surface area contributed by atoms with Gasteiger partial charge in [0.1, 0.15) is 5.01 Å². The number of H-pyrrole nitrogens is 1. The molecule has 3 nitrogen and oxygen atoms in total. The number of para-hydroxylation sites is 1. The lowest BCUT2D eigenvalue weighted by Crippen LogP contribution is -2.23. The van der Waals surface area contributed by atoms with Crippen molar-refractivity contribution in [3.63, 3.8) is 0 Å². The summed E-state index contributed by atoms with van der Waals surface area (Å²) in [7, 11) is 0. The number of thiophene rings is 1. The largest absolute Gasteiger partial charge is 0.357 e. The van der Waals surface area contributed by atoms with Crippen LogP contribution < -0.4 is 5.32 Å². The summed E-state index contributed by atoms with van der Waals surface area (Å²) < 4.78 is 0.